The molecule has 0 bridgehead atoms. The van der Waals surface area contributed by atoms with Gasteiger partial charge in [0.25, 0.3) is 0 Å². The zero-order valence-electron chi connectivity index (χ0n) is 13.2. The lowest BCUT2D eigenvalue weighted by Gasteiger charge is -2.21. The van der Waals surface area contributed by atoms with Crippen molar-refractivity contribution >= 4 is 21.9 Å². The van der Waals surface area contributed by atoms with Crippen LogP contribution in [0.2, 0.25) is 0 Å². The summed E-state index contributed by atoms with van der Waals surface area (Å²) in [5, 5.41) is 12.2. The van der Waals surface area contributed by atoms with E-state index in [-0.39, 0.29) is 11.8 Å². The molecule has 2 fully saturated rings. The monoisotopic (exact) mass is 367 g/mol. The molecular weight excluding hydrogens is 342 g/mol. The van der Waals surface area contributed by atoms with Crippen molar-refractivity contribution in [2.24, 2.45) is 5.92 Å². The quantitative estimate of drug-likeness (QED) is 0.819. The molecular formula is C18H26BrNO2. The van der Waals surface area contributed by atoms with E-state index < -0.39 is 5.97 Å². The fourth-order valence-corrected chi connectivity index (χ4v) is 3.41. The smallest absolute Gasteiger partial charge is 0.307 e. The van der Waals surface area contributed by atoms with E-state index in [0.717, 1.165) is 29.0 Å². The van der Waals surface area contributed by atoms with Gasteiger partial charge in [0, 0.05) is 10.5 Å². The second-order valence-electron chi connectivity index (χ2n) is 6.23. The van der Waals surface area contributed by atoms with Crippen molar-refractivity contribution < 1.29 is 9.90 Å². The lowest BCUT2D eigenvalue weighted by Crippen LogP contribution is -2.30. The molecule has 2 unspecified atom stereocenters. The molecule has 0 amide bonds. The van der Waals surface area contributed by atoms with Crippen LogP contribution < -0.4 is 5.32 Å². The summed E-state index contributed by atoms with van der Waals surface area (Å²) < 4.78 is 1.03. The fraction of sp³-hybridized carbons (Fsp3) is 0.611. The largest absolute Gasteiger partial charge is 0.481 e. The summed E-state index contributed by atoms with van der Waals surface area (Å²) in [5.74, 6) is -0.584. The fourth-order valence-electron chi connectivity index (χ4n) is 3.14. The highest BCUT2D eigenvalue weighted by Crippen LogP contribution is 2.47. The molecule has 4 heteroatoms. The number of rotatable bonds is 4. The van der Waals surface area contributed by atoms with Gasteiger partial charge in [-0.25, -0.2) is 0 Å². The summed E-state index contributed by atoms with van der Waals surface area (Å²) >= 11 is 3.34. The molecule has 0 aliphatic heterocycles. The van der Waals surface area contributed by atoms with Gasteiger partial charge in [0.2, 0.25) is 0 Å². The number of hydrogen-bond donors (Lipinski definition) is 2. The van der Waals surface area contributed by atoms with Gasteiger partial charge in [0.1, 0.15) is 0 Å². The summed E-state index contributed by atoms with van der Waals surface area (Å²) in [5.41, 5.74) is 1.13. The van der Waals surface area contributed by atoms with Crippen LogP contribution in [-0.4, -0.2) is 23.7 Å². The molecule has 1 aromatic rings. The molecule has 0 spiro atoms. The van der Waals surface area contributed by atoms with Gasteiger partial charge in [-0.15, -0.1) is 0 Å². The zero-order valence-corrected chi connectivity index (χ0v) is 14.8. The molecule has 122 valence electrons. The van der Waals surface area contributed by atoms with Crippen molar-refractivity contribution in [3.63, 3.8) is 0 Å². The first-order chi connectivity index (χ1) is 10.6. The molecule has 22 heavy (non-hydrogen) atoms. The van der Waals surface area contributed by atoms with Crippen molar-refractivity contribution in [1.82, 2.24) is 5.32 Å². The first-order valence-corrected chi connectivity index (χ1v) is 9.12. The Bertz CT molecular complexity index is 466. The topological polar surface area (TPSA) is 49.3 Å². The van der Waals surface area contributed by atoms with Gasteiger partial charge in [-0.3, -0.25) is 4.79 Å². The Morgan fingerprint density at radius 3 is 2.36 bits per heavy atom. The van der Waals surface area contributed by atoms with Crippen LogP contribution in [0.25, 0.3) is 0 Å². The van der Waals surface area contributed by atoms with Crippen molar-refractivity contribution in [2.75, 3.05) is 6.54 Å². The number of nitrogens with one attached hydrogen (secondary N) is 1. The van der Waals surface area contributed by atoms with Crippen LogP contribution in [0.3, 0.4) is 0 Å². The molecule has 3 rings (SSSR count). The average molecular weight is 368 g/mol. The van der Waals surface area contributed by atoms with Gasteiger partial charge in [-0.05, 0) is 49.4 Å². The minimum Gasteiger partial charge on any atom is -0.481 e. The predicted octanol–water partition coefficient (Wildman–Crippen LogP) is 4.57. The van der Waals surface area contributed by atoms with Crippen LogP contribution in [0, 0.1) is 5.92 Å². The number of hydrogen-bond acceptors (Lipinski definition) is 2. The lowest BCUT2D eigenvalue weighted by molar-refractivity contribution is -0.138. The van der Waals surface area contributed by atoms with Crippen molar-refractivity contribution in [2.45, 2.75) is 57.4 Å². The number of aliphatic carboxylic acids is 1. The summed E-state index contributed by atoms with van der Waals surface area (Å²) in [6, 6.07) is 8.72. The van der Waals surface area contributed by atoms with Gasteiger partial charge in [-0.2, -0.15) is 0 Å². The third kappa shape index (κ3) is 5.40. The zero-order chi connectivity index (χ0) is 15.9. The van der Waals surface area contributed by atoms with Crippen LogP contribution >= 0.6 is 15.9 Å². The Balaban J connectivity index is 0.000000172. The summed E-state index contributed by atoms with van der Waals surface area (Å²) in [6.45, 7) is 3.33. The highest BCUT2D eigenvalue weighted by atomic mass is 79.9. The Morgan fingerprint density at radius 2 is 1.86 bits per heavy atom. The number of carboxylic acids is 1. The first-order valence-electron chi connectivity index (χ1n) is 8.33. The van der Waals surface area contributed by atoms with Gasteiger partial charge in [-0.1, -0.05) is 54.2 Å². The molecule has 2 aliphatic rings. The van der Waals surface area contributed by atoms with E-state index in [4.69, 9.17) is 5.11 Å². The molecule has 2 atom stereocenters. The Labute approximate surface area is 141 Å². The van der Waals surface area contributed by atoms with Crippen molar-refractivity contribution in [1.29, 1.82) is 0 Å². The second-order valence-corrected chi connectivity index (χ2v) is 7.15. The highest BCUT2D eigenvalue weighted by molar-refractivity contribution is 9.10. The van der Waals surface area contributed by atoms with Crippen LogP contribution in [0.1, 0.15) is 56.9 Å². The van der Waals surface area contributed by atoms with Crippen LogP contribution in [0.5, 0.6) is 0 Å². The summed E-state index contributed by atoms with van der Waals surface area (Å²) in [4.78, 5) is 10.6. The maximum absolute atomic E-state index is 10.6. The molecule has 0 heterocycles. The molecule has 0 saturated heterocycles. The number of benzene rings is 1. The summed E-state index contributed by atoms with van der Waals surface area (Å²) in [7, 11) is 0. The Kier molecular flexibility index (Phi) is 6.90. The van der Waals surface area contributed by atoms with Crippen LogP contribution in [0.15, 0.2) is 28.7 Å². The van der Waals surface area contributed by atoms with Crippen molar-refractivity contribution in [3.8, 4) is 0 Å². The third-order valence-electron chi connectivity index (χ3n) is 4.50. The highest BCUT2D eigenvalue weighted by Gasteiger charge is 2.43. The minimum atomic E-state index is -0.673. The number of halogens is 1. The number of carbonyl (C=O) groups is 1. The van der Waals surface area contributed by atoms with E-state index >= 15 is 0 Å². The Morgan fingerprint density at radius 1 is 1.23 bits per heavy atom. The van der Waals surface area contributed by atoms with Crippen LogP contribution in [0.4, 0.5) is 0 Å². The van der Waals surface area contributed by atoms with E-state index in [1.54, 1.807) is 0 Å². The van der Waals surface area contributed by atoms with Gasteiger partial charge in [0.15, 0.2) is 0 Å². The van der Waals surface area contributed by atoms with Gasteiger partial charge < -0.3 is 10.4 Å². The van der Waals surface area contributed by atoms with E-state index in [2.05, 4.69) is 28.2 Å². The maximum atomic E-state index is 10.6. The normalized spacial score (nSPS) is 24.3. The van der Waals surface area contributed by atoms with E-state index in [0.29, 0.717) is 0 Å². The average Bonchev–Trinajstić information content (AvgIpc) is 3.31. The molecule has 1 aromatic carbocycles. The van der Waals surface area contributed by atoms with E-state index in [1.165, 1.54) is 32.1 Å². The summed E-state index contributed by atoms with van der Waals surface area (Å²) in [6.07, 6.45) is 7.95. The van der Waals surface area contributed by atoms with Crippen molar-refractivity contribution in [3.05, 3.63) is 34.3 Å². The molecule has 0 radical (unpaired) electrons. The molecule has 2 aliphatic carbocycles. The van der Waals surface area contributed by atoms with E-state index in [9.17, 15) is 4.79 Å². The molecule has 3 nitrogen and oxygen atoms in total. The van der Waals surface area contributed by atoms with Gasteiger partial charge >= 0.3 is 5.97 Å². The number of carboxylic acid groups (broad SMARTS) is 1. The predicted molar refractivity (Wildman–Crippen MR) is 93.2 cm³/mol. The van der Waals surface area contributed by atoms with Gasteiger partial charge in [0.05, 0.1) is 5.92 Å². The lowest BCUT2D eigenvalue weighted by atomic mass is 9.96. The first kappa shape index (κ1) is 17.5. The van der Waals surface area contributed by atoms with E-state index in [1.807, 2.05) is 24.3 Å². The second kappa shape index (κ2) is 8.68. The molecule has 2 N–H and O–H groups in total. The molecule has 0 aromatic heterocycles. The minimum absolute atomic E-state index is 0.152. The SMILES string of the molecule is CCNC1CCCCC1.O=C(O)C1CC1c1ccc(Br)cc1. The molecule has 2 saturated carbocycles. The standard InChI is InChI=1S/C10H9BrO2.C8H17N/c11-7-3-1-6(2-4-7)8-5-9(8)10(12)13;1-2-9-8-6-4-3-5-7-8/h1-4,8-9H,5H2,(H,12,13);8-9H,2-7H2,1H3. The maximum Gasteiger partial charge on any atom is 0.307 e. The van der Waals surface area contributed by atoms with Crippen LogP contribution in [-0.2, 0) is 4.79 Å². The Hall–Kier alpha value is -0.870. The third-order valence-corrected chi connectivity index (χ3v) is 5.03.